The van der Waals surface area contributed by atoms with Crippen molar-refractivity contribution in [1.82, 2.24) is 10.9 Å². The molecular weight excluding hydrogens is 338 g/mol. The summed E-state index contributed by atoms with van der Waals surface area (Å²) >= 11 is 0. The Kier molecular flexibility index (Phi) is 4.07. The number of rotatable bonds is 2. The molecule has 0 spiro atoms. The summed E-state index contributed by atoms with van der Waals surface area (Å²) in [7, 11) is 0. The largest absolute Gasteiger partial charge is 0.458 e. The second-order valence-corrected chi connectivity index (χ2v) is 6.36. The van der Waals surface area contributed by atoms with Crippen molar-refractivity contribution in [2.45, 2.75) is 18.2 Å². The zero-order valence-corrected chi connectivity index (χ0v) is 13.6. The molecule has 5 nitrogen and oxygen atoms in total. The fourth-order valence-corrected chi connectivity index (χ4v) is 3.75. The van der Waals surface area contributed by atoms with Crippen LogP contribution < -0.4 is 16.6 Å². The average molecular weight is 354 g/mol. The van der Waals surface area contributed by atoms with Gasteiger partial charge < -0.3 is 10.5 Å². The van der Waals surface area contributed by atoms with E-state index >= 15 is 0 Å². The Morgan fingerprint density at radius 1 is 1.00 bits per heavy atom. The number of nitriles is 1. The summed E-state index contributed by atoms with van der Waals surface area (Å²) in [4.78, 5) is 0. The molecule has 0 aromatic heterocycles. The van der Waals surface area contributed by atoms with Gasteiger partial charge in [-0.25, -0.2) is 19.6 Å². The summed E-state index contributed by atoms with van der Waals surface area (Å²) in [5, 5.41) is 9.62. The van der Waals surface area contributed by atoms with Gasteiger partial charge in [-0.1, -0.05) is 24.3 Å². The molecule has 4 unspecified atom stereocenters. The van der Waals surface area contributed by atoms with E-state index in [9.17, 15) is 14.0 Å². The molecule has 4 rings (SSSR count). The average Bonchev–Trinajstić information content (AvgIpc) is 3.04. The maximum atomic E-state index is 13.8. The molecule has 132 valence electrons. The van der Waals surface area contributed by atoms with E-state index in [1.54, 1.807) is 24.3 Å². The molecule has 2 heterocycles. The molecule has 1 fully saturated rings. The molecule has 0 aliphatic carbocycles. The number of hydrazine groups is 1. The van der Waals surface area contributed by atoms with Crippen molar-refractivity contribution in [3.63, 3.8) is 0 Å². The van der Waals surface area contributed by atoms with Crippen molar-refractivity contribution < 1.29 is 13.5 Å². The van der Waals surface area contributed by atoms with Gasteiger partial charge in [0.05, 0.1) is 11.6 Å². The highest BCUT2D eigenvalue weighted by Crippen LogP contribution is 2.47. The van der Waals surface area contributed by atoms with Crippen LogP contribution in [0, 0.1) is 28.9 Å². The summed E-state index contributed by atoms with van der Waals surface area (Å²) in [5.41, 5.74) is 13.8. The van der Waals surface area contributed by atoms with Gasteiger partial charge in [0.15, 0.2) is 6.23 Å². The van der Waals surface area contributed by atoms with E-state index in [0.717, 1.165) is 5.56 Å². The van der Waals surface area contributed by atoms with Crippen molar-refractivity contribution in [3.8, 4) is 6.07 Å². The van der Waals surface area contributed by atoms with Gasteiger partial charge in [0.25, 0.3) is 0 Å². The molecule has 0 amide bonds. The summed E-state index contributed by atoms with van der Waals surface area (Å²) in [6, 6.07) is 14.0. The molecule has 2 aliphatic heterocycles. The van der Waals surface area contributed by atoms with Crippen LogP contribution in [-0.2, 0) is 4.74 Å². The van der Waals surface area contributed by atoms with Crippen LogP contribution in [0.2, 0.25) is 0 Å². The normalized spacial score (nSPS) is 27.6. The number of nitrogens with one attached hydrogen (secondary N) is 2. The lowest BCUT2D eigenvalue weighted by Gasteiger charge is -2.35. The first-order valence-corrected chi connectivity index (χ1v) is 8.17. The SMILES string of the molecule is N#CC1=C(N)OC2NNC(c3ccc(F)cc3)C2C1c1cccc(F)c1. The smallest absolute Gasteiger partial charge is 0.200 e. The van der Waals surface area contributed by atoms with Crippen LogP contribution in [0.4, 0.5) is 8.78 Å². The third kappa shape index (κ3) is 2.69. The molecule has 2 aromatic rings. The molecule has 1 saturated heterocycles. The lowest BCUT2D eigenvalue weighted by molar-refractivity contribution is 0.0340. The summed E-state index contributed by atoms with van der Waals surface area (Å²) < 4.78 is 32.8. The summed E-state index contributed by atoms with van der Waals surface area (Å²) in [5.74, 6) is -1.44. The van der Waals surface area contributed by atoms with Crippen molar-refractivity contribution in [1.29, 1.82) is 5.26 Å². The van der Waals surface area contributed by atoms with Crippen LogP contribution >= 0.6 is 0 Å². The summed E-state index contributed by atoms with van der Waals surface area (Å²) in [6.45, 7) is 0. The van der Waals surface area contributed by atoms with E-state index in [1.807, 2.05) is 0 Å². The van der Waals surface area contributed by atoms with E-state index in [1.165, 1.54) is 24.3 Å². The van der Waals surface area contributed by atoms with Gasteiger partial charge in [0, 0.05) is 11.8 Å². The molecule has 2 aromatic carbocycles. The highest BCUT2D eigenvalue weighted by atomic mass is 19.1. The Morgan fingerprint density at radius 3 is 2.46 bits per heavy atom. The molecular formula is C19H16F2N4O. The minimum Gasteiger partial charge on any atom is -0.458 e. The molecule has 4 N–H and O–H groups in total. The van der Waals surface area contributed by atoms with Crippen molar-refractivity contribution in [2.75, 3.05) is 0 Å². The molecule has 2 aliphatic rings. The van der Waals surface area contributed by atoms with Gasteiger partial charge in [-0.2, -0.15) is 5.26 Å². The highest BCUT2D eigenvalue weighted by molar-refractivity contribution is 5.42. The molecule has 0 radical (unpaired) electrons. The van der Waals surface area contributed by atoms with Crippen LogP contribution in [0.15, 0.2) is 60.0 Å². The zero-order valence-electron chi connectivity index (χ0n) is 13.6. The van der Waals surface area contributed by atoms with E-state index in [4.69, 9.17) is 10.5 Å². The number of nitrogens with zero attached hydrogens (tertiary/aromatic N) is 1. The van der Waals surface area contributed by atoms with Gasteiger partial charge in [-0.15, -0.1) is 0 Å². The predicted octanol–water partition coefficient (Wildman–Crippen LogP) is 2.56. The molecule has 0 saturated carbocycles. The number of benzene rings is 2. The van der Waals surface area contributed by atoms with Gasteiger partial charge in [-0.05, 0) is 35.4 Å². The number of hydrogen-bond acceptors (Lipinski definition) is 5. The molecule has 26 heavy (non-hydrogen) atoms. The van der Waals surface area contributed by atoms with E-state index in [0.29, 0.717) is 5.56 Å². The number of nitrogens with two attached hydrogens (primary N) is 1. The topological polar surface area (TPSA) is 83.1 Å². The van der Waals surface area contributed by atoms with Gasteiger partial charge in [0.1, 0.15) is 17.7 Å². The Morgan fingerprint density at radius 2 is 1.77 bits per heavy atom. The number of hydrogen-bond donors (Lipinski definition) is 3. The number of halogens is 2. The van der Waals surface area contributed by atoms with Crippen LogP contribution in [0.25, 0.3) is 0 Å². The Hall–Kier alpha value is -2.95. The first-order chi connectivity index (χ1) is 12.6. The van der Waals surface area contributed by atoms with Gasteiger partial charge in [0.2, 0.25) is 5.88 Å². The standard InChI is InChI=1S/C19H16F2N4O/c20-12-6-4-10(5-7-12)17-16-15(11-2-1-3-13(21)8-11)14(9-22)18(23)26-19(16)25-24-17/h1-8,15-17,19,24-25H,23H2. The molecule has 0 bridgehead atoms. The van der Waals surface area contributed by atoms with Crippen LogP contribution in [0.1, 0.15) is 23.1 Å². The monoisotopic (exact) mass is 354 g/mol. The second kappa shape index (κ2) is 6.41. The Labute approximate surface area is 149 Å². The summed E-state index contributed by atoms with van der Waals surface area (Å²) in [6.07, 6.45) is -0.504. The Bertz CT molecular complexity index is 907. The molecule has 7 heteroatoms. The Balaban J connectivity index is 1.82. The van der Waals surface area contributed by atoms with E-state index in [-0.39, 0.29) is 29.2 Å². The van der Waals surface area contributed by atoms with Crippen molar-refractivity contribution in [2.24, 2.45) is 11.7 Å². The van der Waals surface area contributed by atoms with Crippen LogP contribution in [0.3, 0.4) is 0 Å². The number of fused-ring (bicyclic) bond motifs is 1. The fourth-order valence-electron chi connectivity index (χ4n) is 3.75. The van der Waals surface area contributed by atoms with Gasteiger partial charge >= 0.3 is 0 Å². The quantitative estimate of drug-likeness (QED) is 0.772. The van der Waals surface area contributed by atoms with Crippen molar-refractivity contribution in [3.05, 3.63) is 82.7 Å². The maximum Gasteiger partial charge on any atom is 0.200 e. The number of allylic oxidation sites excluding steroid dienone is 1. The lowest BCUT2D eigenvalue weighted by atomic mass is 9.74. The van der Waals surface area contributed by atoms with E-state index in [2.05, 4.69) is 16.9 Å². The second-order valence-electron chi connectivity index (χ2n) is 6.36. The fraction of sp³-hybridized carbons (Fsp3) is 0.211. The molecule has 4 atom stereocenters. The maximum absolute atomic E-state index is 13.8. The minimum absolute atomic E-state index is 0.0251. The first kappa shape index (κ1) is 16.5. The van der Waals surface area contributed by atoms with Crippen LogP contribution in [0.5, 0.6) is 0 Å². The van der Waals surface area contributed by atoms with Crippen molar-refractivity contribution >= 4 is 0 Å². The predicted molar refractivity (Wildman–Crippen MR) is 89.7 cm³/mol. The first-order valence-electron chi connectivity index (χ1n) is 8.17. The minimum atomic E-state index is -0.504. The lowest BCUT2D eigenvalue weighted by Crippen LogP contribution is -2.41. The van der Waals surface area contributed by atoms with E-state index < -0.39 is 18.0 Å². The zero-order chi connectivity index (χ0) is 18.3. The third-order valence-electron chi connectivity index (χ3n) is 4.89. The number of ether oxygens (including phenoxy) is 1. The third-order valence-corrected chi connectivity index (χ3v) is 4.89. The highest BCUT2D eigenvalue weighted by Gasteiger charge is 2.49. The van der Waals surface area contributed by atoms with Crippen LogP contribution in [-0.4, -0.2) is 6.23 Å². The van der Waals surface area contributed by atoms with Gasteiger partial charge in [-0.3, -0.25) is 0 Å².